The maximum absolute atomic E-state index is 2.61. The molecule has 1 spiro atoms. The molecule has 4 fully saturated rings. The molecule has 0 unspecified atom stereocenters. The second-order valence-corrected chi connectivity index (χ2v) is 17.6. The van der Waals surface area contributed by atoms with Crippen molar-refractivity contribution >= 4 is 43.1 Å². The molecule has 0 saturated heterocycles. The third kappa shape index (κ3) is 4.15. The molecule has 266 valence electrons. The van der Waals surface area contributed by atoms with E-state index in [1.54, 1.807) is 11.1 Å². The minimum absolute atomic E-state index is 0.129. The SMILES string of the molecule is c1ccc2c(-c3ccc(-c4c5ccccc5c(-c5ccc6c(c5)-c5ccc7ccccc7c5C65C6CC7CC(C6)CC5C7)c5ccccc45)cc3)cccc2c1. The van der Waals surface area contributed by atoms with Crippen LogP contribution in [0, 0.1) is 23.7 Å². The molecule has 0 aliphatic heterocycles. The van der Waals surface area contributed by atoms with Crippen molar-refractivity contribution in [3.8, 4) is 44.5 Å². The average Bonchev–Trinajstić information content (AvgIpc) is 3.55. The van der Waals surface area contributed by atoms with Gasteiger partial charge in [-0.1, -0.05) is 164 Å². The smallest absolute Gasteiger partial charge is 0.0278 e. The van der Waals surface area contributed by atoms with E-state index in [4.69, 9.17) is 0 Å². The maximum atomic E-state index is 2.61. The Kier molecular flexibility index (Phi) is 6.43. The fourth-order valence-electron chi connectivity index (χ4n) is 13.2. The summed E-state index contributed by atoms with van der Waals surface area (Å²) < 4.78 is 0. The Morgan fingerprint density at radius 2 is 0.839 bits per heavy atom. The number of fused-ring (bicyclic) bond motifs is 8. The third-order valence-corrected chi connectivity index (χ3v) is 15.0. The molecule has 0 nitrogen and oxygen atoms in total. The Hall–Kier alpha value is -5.98. The van der Waals surface area contributed by atoms with Crippen LogP contribution >= 0.6 is 0 Å². The van der Waals surface area contributed by atoms with Gasteiger partial charge in [0, 0.05) is 5.41 Å². The quantitative estimate of drug-likeness (QED) is 0.160. The predicted molar refractivity (Wildman–Crippen MR) is 236 cm³/mol. The van der Waals surface area contributed by atoms with Crippen molar-refractivity contribution in [2.24, 2.45) is 23.7 Å². The van der Waals surface area contributed by atoms with E-state index in [0.717, 1.165) is 23.7 Å². The summed E-state index contributed by atoms with van der Waals surface area (Å²) >= 11 is 0. The van der Waals surface area contributed by atoms with Gasteiger partial charge in [-0.2, -0.15) is 0 Å². The summed E-state index contributed by atoms with van der Waals surface area (Å²) in [6, 6.07) is 64.8. The van der Waals surface area contributed by atoms with Crippen LogP contribution in [0.25, 0.3) is 87.6 Å². The Bertz CT molecular complexity index is 3000. The zero-order valence-electron chi connectivity index (χ0n) is 31.5. The molecule has 0 radical (unpaired) electrons. The fraction of sp³-hybridized carbons (Fsp3) is 0.179. The first-order chi connectivity index (χ1) is 27.7. The molecular weight excluding hydrogens is 673 g/mol. The van der Waals surface area contributed by atoms with Crippen LogP contribution in [0.2, 0.25) is 0 Å². The number of hydrogen-bond acceptors (Lipinski definition) is 0. The second-order valence-electron chi connectivity index (χ2n) is 17.6. The van der Waals surface area contributed by atoms with E-state index < -0.39 is 0 Å². The number of rotatable bonds is 3. The van der Waals surface area contributed by atoms with E-state index in [2.05, 4.69) is 170 Å². The van der Waals surface area contributed by atoms with Crippen molar-refractivity contribution in [3.05, 3.63) is 181 Å². The molecule has 0 N–H and O–H groups in total. The lowest BCUT2D eigenvalue weighted by Crippen LogP contribution is -2.55. The fourth-order valence-corrected chi connectivity index (χ4v) is 13.2. The van der Waals surface area contributed by atoms with E-state index >= 15 is 0 Å². The van der Waals surface area contributed by atoms with Crippen LogP contribution in [-0.4, -0.2) is 0 Å². The Morgan fingerprint density at radius 3 is 1.48 bits per heavy atom. The highest BCUT2D eigenvalue weighted by Gasteiger charge is 2.62. The zero-order chi connectivity index (χ0) is 36.5. The molecule has 4 bridgehead atoms. The predicted octanol–water partition coefficient (Wildman–Crippen LogP) is 15.0. The van der Waals surface area contributed by atoms with Gasteiger partial charge >= 0.3 is 0 Å². The summed E-state index contributed by atoms with van der Waals surface area (Å²) in [4.78, 5) is 0. The summed E-state index contributed by atoms with van der Waals surface area (Å²) in [5.41, 5.74) is 14.2. The normalized spacial score (nSPS) is 23.1. The average molecular weight is 715 g/mol. The van der Waals surface area contributed by atoms with E-state index in [0.29, 0.717) is 0 Å². The van der Waals surface area contributed by atoms with Gasteiger partial charge in [-0.05, 0) is 161 Å². The highest BCUT2D eigenvalue weighted by atomic mass is 14.6. The number of hydrogen-bond donors (Lipinski definition) is 0. The summed E-state index contributed by atoms with van der Waals surface area (Å²) in [7, 11) is 0. The second kappa shape index (κ2) is 11.5. The molecule has 4 saturated carbocycles. The van der Waals surface area contributed by atoms with Gasteiger partial charge in [0.15, 0.2) is 0 Å². The van der Waals surface area contributed by atoms with E-state index in [9.17, 15) is 0 Å². The van der Waals surface area contributed by atoms with Crippen LogP contribution in [0.15, 0.2) is 170 Å². The van der Waals surface area contributed by atoms with Gasteiger partial charge in [0.1, 0.15) is 0 Å². The van der Waals surface area contributed by atoms with Crippen LogP contribution in [0.3, 0.4) is 0 Å². The highest BCUT2D eigenvalue weighted by Crippen LogP contribution is 2.70. The van der Waals surface area contributed by atoms with Crippen LogP contribution < -0.4 is 0 Å². The van der Waals surface area contributed by atoms with Crippen LogP contribution in [0.4, 0.5) is 0 Å². The van der Waals surface area contributed by atoms with Crippen LogP contribution in [-0.2, 0) is 5.41 Å². The highest BCUT2D eigenvalue weighted by molar-refractivity contribution is 6.21. The lowest BCUT2D eigenvalue weighted by Gasteiger charge is -2.61. The van der Waals surface area contributed by atoms with Gasteiger partial charge in [0.2, 0.25) is 0 Å². The number of benzene rings is 9. The molecule has 5 aliphatic rings. The van der Waals surface area contributed by atoms with E-state index in [1.165, 1.54) is 120 Å². The first-order valence-electron chi connectivity index (χ1n) is 20.9. The molecule has 0 heteroatoms. The molecule has 0 heterocycles. The lowest BCUT2D eigenvalue weighted by molar-refractivity contribution is -0.0393. The van der Waals surface area contributed by atoms with Gasteiger partial charge in [-0.25, -0.2) is 0 Å². The summed E-state index contributed by atoms with van der Waals surface area (Å²) in [6.07, 6.45) is 7.07. The van der Waals surface area contributed by atoms with Gasteiger partial charge in [-0.3, -0.25) is 0 Å². The van der Waals surface area contributed by atoms with Crippen LogP contribution in [0.5, 0.6) is 0 Å². The van der Waals surface area contributed by atoms with Gasteiger partial charge in [-0.15, -0.1) is 0 Å². The zero-order valence-corrected chi connectivity index (χ0v) is 31.5. The first-order valence-corrected chi connectivity index (χ1v) is 20.9. The molecule has 56 heavy (non-hydrogen) atoms. The molecule has 0 atom stereocenters. The Morgan fingerprint density at radius 1 is 0.339 bits per heavy atom. The van der Waals surface area contributed by atoms with Crippen LogP contribution in [0.1, 0.15) is 43.2 Å². The minimum Gasteiger partial charge on any atom is -0.0616 e. The van der Waals surface area contributed by atoms with Gasteiger partial charge in [0.25, 0.3) is 0 Å². The van der Waals surface area contributed by atoms with E-state index in [1.807, 2.05) is 0 Å². The maximum Gasteiger partial charge on any atom is 0.0278 e. The van der Waals surface area contributed by atoms with Crippen molar-refractivity contribution in [1.29, 1.82) is 0 Å². The summed E-state index contributed by atoms with van der Waals surface area (Å²) in [6.45, 7) is 0. The molecule has 9 aromatic rings. The molecule has 0 aromatic heterocycles. The monoisotopic (exact) mass is 714 g/mol. The molecule has 0 amide bonds. The summed E-state index contributed by atoms with van der Waals surface area (Å²) in [5, 5.41) is 10.7. The van der Waals surface area contributed by atoms with Crippen molar-refractivity contribution in [3.63, 3.8) is 0 Å². The molecule has 9 aromatic carbocycles. The Balaban J connectivity index is 1.02. The van der Waals surface area contributed by atoms with E-state index in [-0.39, 0.29) is 5.41 Å². The standard InChI is InChI=1S/C56H42/c1-3-13-43-36(10-1)12-9-19-44(43)38-20-22-39(23-21-38)53-46-15-5-7-17-48(46)54(49-18-8-6-16-47(49)53)40-25-27-52-51(33-40)50-26-24-37-11-2-4-14-45(37)55(50)56(52)41-29-34-28-35(31-41)32-42(56)30-34/h1-27,33-35,41-42H,28-32H2. The molecular formula is C56H42. The molecule has 5 aliphatic carbocycles. The van der Waals surface area contributed by atoms with Gasteiger partial charge < -0.3 is 0 Å². The third-order valence-electron chi connectivity index (χ3n) is 15.0. The van der Waals surface area contributed by atoms with Crippen molar-refractivity contribution in [2.45, 2.75) is 37.5 Å². The van der Waals surface area contributed by atoms with Gasteiger partial charge in [0.05, 0.1) is 0 Å². The summed E-state index contributed by atoms with van der Waals surface area (Å²) in [5.74, 6) is 3.33. The topological polar surface area (TPSA) is 0 Å². The molecule has 14 rings (SSSR count). The van der Waals surface area contributed by atoms with Crippen molar-refractivity contribution in [1.82, 2.24) is 0 Å². The van der Waals surface area contributed by atoms with Crippen molar-refractivity contribution in [2.75, 3.05) is 0 Å². The first kappa shape index (κ1) is 31.2. The van der Waals surface area contributed by atoms with Crippen molar-refractivity contribution < 1.29 is 0 Å². The largest absolute Gasteiger partial charge is 0.0616 e. The lowest BCUT2D eigenvalue weighted by atomic mass is 9.43. The Labute approximate surface area is 328 Å². The minimum atomic E-state index is 0.129.